The van der Waals surface area contributed by atoms with Crippen LogP contribution < -0.4 is 0 Å². The van der Waals surface area contributed by atoms with Crippen molar-refractivity contribution >= 4 is 15.9 Å². The van der Waals surface area contributed by atoms with E-state index in [-0.39, 0.29) is 27.6 Å². The molecule has 10 heteroatoms. The van der Waals surface area contributed by atoms with E-state index in [9.17, 15) is 30.8 Å². The Hall–Kier alpha value is -2.46. The second-order valence-corrected chi connectivity index (χ2v) is 10.1. The fraction of sp³-hybridized carbons (Fsp3) is 0.409. The standard InChI is InChI=1S/C22H24F4N2O3S/c1-14(2)21(29)28-11-10-15-6-9-19(12-17(15)13-28)32(30,31)27(3)20(22(24,25)26)16-4-7-18(23)8-5-16/h4-9,12,14,20H,10-11,13H2,1-3H3/t20-/m0/s1. The fourth-order valence-corrected chi connectivity index (χ4v) is 5.18. The molecule has 0 bridgehead atoms. The Bertz CT molecular complexity index is 1100. The number of hydrogen-bond donors (Lipinski definition) is 0. The highest BCUT2D eigenvalue weighted by atomic mass is 32.2. The Kier molecular flexibility index (Phi) is 6.67. The molecule has 0 fully saturated rings. The molecular weight excluding hydrogens is 448 g/mol. The van der Waals surface area contributed by atoms with Gasteiger partial charge in [0.1, 0.15) is 11.9 Å². The predicted molar refractivity (Wildman–Crippen MR) is 111 cm³/mol. The van der Waals surface area contributed by atoms with E-state index < -0.39 is 33.6 Å². The summed E-state index contributed by atoms with van der Waals surface area (Å²) in [7, 11) is -3.70. The third kappa shape index (κ3) is 4.80. The minimum absolute atomic E-state index is 0.0746. The van der Waals surface area contributed by atoms with Crippen molar-refractivity contribution in [3.63, 3.8) is 0 Å². The van der Waals surface area contributed by atoms with E-state index in [1.807, 2.05) is 0 Å². The van der Waals surface area contributed by atoms with Crippen molar-refractivity contribution in [2.75, 3.05) is 13.6 Å². The molecule has 1 aliphatic rings. The lowest BCUT2D eigenvalue weighted by Crippen LogP contribution is -2.40. The lowest BCUT2D eigenvalue weighted by molar-refractivity contribution is -0.171. The molecule has 1 amide bonds. The fourth-order valence-electron chi connectivity index (χ4n) is 3.80. The summed E-state index contributed by atoms with van der Waals surface area (Å²) in [5.74, 6) is -1.03. The third-order valence-corrected chi connectivity index (χ3v) is 7.35. The van der Waals surface area contributed by atoms with Crippen LogP contribution in [0.15, 0.2) is 47.4 Å². The number of halogens is 4. The first kappa shape index (κ1) is 24.2. The number of carbonyl (C=O) groups is 1. The molecule has 0 saturated heterocycles. The average Bonchev–Trinajstić information content (AvgIpc) is 2.72. The Labute approximate surface area is 184 Å². The maximum Gasteiger partial charge on any atom is 0.409 e. The molecule has 0 aliphatic carbocycles. The van der Waals surface area contributed by atoms with Gasteiger partial charge in [-0.05, 0) is 47.4 Å². The van der Waals surface area contributed by atoms with Crippen molar-refractivity contribution in [2.24, 2.45) is 5.92 Å². The zero-order valence-electron chi connectivity index (χ0n) is 17.9. The van der Waals surface area contributed by atoms with Gasteiger partial charge in [0, 0.05) is 26.1 Å². The zero-order valence-corrected chi connectivity index (χ0v) is 18.7. The molecule has 1 atom stereocenters. The van der Waals surface area contributed by atoms with Gasteiger partial charge in [-0.1, -0.05) is 32.0 Å². The van der Waals surface area contributed by atoms with Crippen molar-refractivity contribution < 1.29 is 30.8 Å². The second-order valence-electron chi connectivity index (χ2n) is 8.11. The summed E-state index contributed by atoms with van der Waals surface area (Å²) in [5, 5.41) is 0. The summed E-state index contributed by atoms with van der Waals surface area (Å²) < 4.78 is 81.3. The number of fused-ring (bicyclic) bond motifs is 1. The van der Waals surface area contributed by atoms with Crippen molar-refractivity contribution in [1.29, 1.82) is 0 Å². The van der Waals surface area contributed by atoms with E-state index in [0.717, 1.165) is 36.9 Å². The zero-order chi connectivity index (χ0) is 23.8. The predicted octanol–water partition coefficient (Wildman–Crippen LogP) is 4.29. The van der Waals surface area contributed by atoms with E-state index in [2.05, 4.69) is 0 Å². The Morgan fingerprint density at radius 2 is 1.69 bits per heavy atom. The van der Waals surface area contributed by atoms with Gasteiger partial charge in [0.2, 0.25) is 15.9 Å². The largest absolute Gasteiger partial charge is 0.409 e. The van der Waals surface area contributed by atoms with Crippen LogP contribution >= 0.6 is 0 Å². The number of nitrogens with zero attached hydrogens (tertiary/aromatic N) is 2. The maximum absolute atomic E-state index is 13.8. The first-order chi connectivity index (χ1) is 14.8. The van der Waals surface area contributed by atoms with Crippen LogP contribution in [0.2, 0.25) is 0 Å². The second kappa shape index (κ2) is 8.82. The summed E-state index contributed by atoms with van der Waals surface area (Å²) in [5.41, 5.74) is 1.05. The number of rotatable bonds is 5. The minimum atomic E-state index is -4.92. The van der Waals surface area contributed by atoms with Crippen LogP contribution in [-0.4, -0.2) is 43.3 Å². The average molecular weight is 473 g/mol. The third-order valence-electron chi connectivity index (χ3n) is 5.53. The smallest absolute Gasteiger partial charge is 0.338 e. The van der Waals surface area contributed by atoms with Crippen LogP contribution in [0.25, 0.3) is 0 Å². The molecule has 0 radical (unpaired) electrons. The van der Waals surface area contributed by atoms with E-state index in [1.165, 1.54) is 12.1 Å². The van der Waals surface area contributed by atoms with Gasteiger partial charge in [-0.25, -0.2) is 12.8 Å². The molecule has 1 aliphatic heterocycles. The van der Waals surface area contributed by atoms with Crippen LogP contribution in [0, 0.1) is 11.7 Å². The van der Waals surface area contributed by atoms with Gasteiger partial charge < -0.3 is 4.90 Å². The lowest BCUT2D eigenvalue weighted by Gasteiger charge is -2.32. The molecule has 5 nitrogen and oxygen atoms in total. The molecule has 0 N–H and O–H groups in total. The number of benzene rings is 2. The summed E-state index contributed by atoms with van der Waals surface area (Å²) >= 11 is 0. The van der Waals surface area contributed by atoms with Crippen molar-refractivity contribution in [3.05, 3.63) is 65.0 Å². The van der Waals surface area contributed by atoms with Gasteiger partial charge in [-0.2, -0.15) is 17.5 Å². The minimum Gasteiger partial charge on any atom is -0.338 e. The Morgan fingerprint density at radius 3 is 2.25 bits per heavy atom. The van der Waals surface area contributed by atoms with Crippen LogP contribution in [0.1, 0.15) is 36.6 Å². The van der Waals surface area contributed by atoms with Crippen molar-refractivity contribution in [2.45, 2.75) is 43.9 Å². The molecule has 1 heterocycles. The van der Waals surface area contributed by atoms with Crippen LogP contribution in [0.5, 0.6) is 0 Å². The number of hydrogen-bond acceptors (Lipinski definition) is 3. The van der Waals surface area contributed by atoms with Crippen LogP contribution in [0.4, 0.5) is 17.6 Å². The number of sulfonamides is 1. The SMILES string of the molecule is CC(C)C(=O)N1CCc2ccc(S(=O)(=O)N(C)[C@@H](c3ccc(F)cc3)C(F)(F)F)cc2C1. The number of carbonyl (C=O) groups excluding carboxylic acids is 1. The van der Waals surface area contributed by atoms with Gasteiger partial charge in [0.25, 0.3) is 0 Å². The molecule has 0 unspecified atom stereocenters. The molecule has 2 aromatic rings. The molecular formula is C22H24F4N2O3S. The summed E-state index contributed by atoms with van der Waals surface area (Å²) in [6, 6.07) is 5.25. The van der Waals surface area contributed by atoms with E-state index in [0.29, 0.717) is 18.5 Å². The van der Waals surface area contributed by atoms with Crippen LogP contribution in [-0.2, 0) is 27.8 Å². The number of alkyl halides is 3. The monoisotopic (exact) mass is 472 g/mol. The topological polar surface area (TPSA) is 57.7 Å². The van der Waals surface area contributed by atoms with Gasteiger partial charge in [0.15, 0.2) is 0 Å². The lowest BCUT2D eigenvalue weighted by atomic mass is 9.99. The molecule has 174 valence electrons. The molecule has 32 heavy (non-hydrogen) atoms. The van der Waals surface area contributed by atoms with Crippen molar-refractivity contribution in [3.8, 4) is 0 Å². The Balaban J connectivity index is 1.97. The van der Waals surface area contributed by atoms with Gasteiger partial charge in [-0.15, -0.1) is 0 Å². The molecule has 0 aromatic heterocycles. The van der Waals surface area contributed by atoms with E-state index in [1.54, 1.807) is 24.8 Å². The summed E-state index contributed by atoms with van der Waals surface area (Å²) in [4.78, 5) is 13.6. The highest BCUT2D eigenvalue weighted by Crippen LogP contribution is 2.40. The first-order valence-electron chi connectivity index (χ1n) is 10.0. The normalized spacial score (nSPS) is 15.7. The maximum atomic E-state index is 13.8. The summed E-state index contributed by atoms with van der Waals surface area (Å²) in [6.07, 6.45) is -4.39. The Morgan fingerprint density at radius 1 is 1.06 bits per heavy atom. The van der Waals surface area contributed by atoms with Gasteiger partial charge in [-0.3, -0.25) is 4.79 Å². The first-order valence-corrected chi connectivity index (χ1v) is 11.5. The van der Waals surface area contributed by atoms with E-state index in [4.69, 9.17) is 0 Å². The highest BCUT2D eigenvalue weighted by molar-refractivity contribution is 7.89. The molecule has 3 rings (SSSR count). The van der Waals surface area contributed by atoms with Crippen molar-refractivity contribution in [1.82, 2.24) is 9.21 Å². The molecule has 0 saturated carbocycles. The number of amides is 1. The van der Waals surface area contributed by atoms with E-state index >= 15 is 0 Å². The summed E-state index contributed by atoms with van der Waals surface area (Å²) in [6.45, 7) is 4.22. The quantitative estimate of drug-likeness (QED) is 0.610. The highest BCUT2D eigenvalue weighted by Gasteiger charge is 2.47. The van der Waals surface area contributed by atoms with Crippen LogP contribution in [0.3, 0.4) is 0 Å². The molecule has 0 spiro atoms. The molecule has 2 aromatic carbocycles. The van der Waals surface area contributed by atoms with Gasteiger partial charge in [0.05, 0.1) is 4.90 Å². The van der Waals surface area contributed by atoms with Gasteiger partial charge >= 0.3 is 6.18 Å².